The predicted octanol–water partition coefficient (Wildman–Crippen LogP) is 3.53. The normalized spacial score (nSPS) is 15.0. The highest BCUT2D eigenvalue weighted by Gasteiger charge is 2.18. The van der Waals surface area contributed by atoms with Crippen LogP contribution < -0.4 is 4.74 Å². The Morgan fingerprint density at radius 3 is 2.96 bits per heavy atom. The summed E-state index contributed by atoms with van der Waals surface area (Å²) in [5.41, 5.74) is 5.83. The molecule has 3 heterocycles. The van der Waals surface area contributed by atoms with Gasteiger partial charge in [0.05, 0.1) is 36.6 Å². The van der Waals surface area contributed by atoms with Crippen molar-refractivity contribution in [2.75, 3.05) is 6.61 Å². The van der Waals surface area contributed by atoms with Crippen molar-refractivity contribution in [3.63, 3.8) is 0 Å². The molecule has 0 unspecified atom stereocenters. The summed E-state index contributed by atoms with van der Waals surface area (Å²) in [7, 11) is 1.95. The third-order valence-electron chi connectivity index (χ3n) is 4.79. The highest BCUT2D eigenvalue weighted by Crippen LogP contribution is 2.32. The van der Waals surface area contributed by atoms with Gasteiger partial charge in [0.1, 0.15) is 5.75 Å². The number of benzene rings is 1. The Morgan fingerprint density at radius 1 is 1.29 bits per heavy atom. The van der Waals surface area contributed by atoms with Gasteiger partial charge in [-0.05, 0) is 43.9 Å². The molecule has 5 nitrogen and oxygen atoms in total. The summed E-state index contributed by atoms with van der Waals surface area (Å²) in [6.07, 6.45) is 8.06. The SMILES string of the molecule is Cc1nn(C)cc1-c1cncn1[C@H](C)c1ccc2c(c1)CCCO2. The number of aromatic nitrogens is 4. The van der Waals surface area contributed by atoms with Crippen molar-refractivity contribution in [3.05, 3.63) is 53.7 Å². The fourth-order valence-corrected chi connectivity index (χ4v) is 3.47. The van der Waals surface area contributed by atoms with Gasteiger partial charge in [-0.15, -0.1) is 0 Å². The molecule has 1 atom stereocenters. The van der Waals surface area contributed by atoms with E-state index in [1.807, 2.05) is 31.2 Å². The Hall–Kier alpha value is -2.56. The molecule has 5 heteroatoms. The van der Waals surface area contributed by atoms with Crippen LogP contribution in [0.15, 0.2) is 36.9 Å². The van der Waals surface area contributed by atoms with Crippen LogP contribution in [0.25, 0.3) is 11.3 Å². The van der Waals surface area contributed by atoms with Gasteiger partial charge in [-0.2, -0.15) is 5.10 Å². The van der Waals surface area contributed by atoms with Gasteiger partial charge in [-0.25, -0.2) is 4.98 Å². The molecule has 0 bridgehead atoms. The maximum atomic E-state index is 5.73. The minimum absolute atomic E-state index is 0.203. The zero-order chi connectivity index (χ0) is 16.7. The van der Waals surface area contributed by atoms with Crippen molar-refractivity contribution < 1.29 is 4.74 Å². The first-order chi connectivity index (χ1) is 11.6. The average molecular weight is 322 g/mol. The highest BCUT2D eigenvalue weighted by molar-refractivity contribution is 5.61. The van der Waals surface area contributed by atoms with Crippen molar-refractivity contribution in [1.82, 2.24) is 19.3 Å². The summed E-state index contributed by atoms with van der Waals surface area (Å²) in [4.78, 5) is 4.38. The van der Waals surface area contributed by atoms with E-state index >= 15 is 0 Å². The van der Waals surface area contributed by atoms with Crippen LogP contribution in [0.4, 0.5) is 0 Å². The standard InChI is InChI=1S/C19H22N4O/c1-13-17(11-22(3)21-13)18-10-20-12-23(18)14(2)15-6-7-19-16(9-15)5-4-8-24-19/h6-7,9-12,14H,4-5,8H2,1-3H3/t14-/m1/s1. The first kappa shape index (κ1) is 15.0. The van der Waals surface area contributed by atoms with E-state index in [2.05, 4.69) is 46.0 Å². The highest BCUT2D eigenvalue weighted by atomic mass is 16.5. The molecule has 0 aliphatic carbocycles. The zero-order valence-electron chi connectivity index (χ0n) is 14.4. The summed E-state index contributed by atoms with van der Waals surface area (Å²) < 4.78 is 9.80. The molecular formula is C19H22N4O. The van der Waals surface area contributed by atoms with Gasteiger partial charge in [-0.3, -0.25) is 4.68 Å². The molecule has 0 saturated heterocycles. The molecule has 0 saturated carbocycles. The molecule has 0 fully saturated rings. The quantitative estimate of drug-likeness (QED) is 0.741. The van der Waals surface area contributed by atoms with Crippen molar-refractivity contribution in [3.8, 4) is 17.0 Å². The molecule has 0 N–H and O–H groups in total. The molecule has 0 amide bonds. The minimum Gasteiger partial charge on any atom is -0.493 e. The topological polar surface area (TPSA) is 44.9 Å². The van der Waals surface area contributed by atoms with E-state index < -0.39 is 0 Å². The maximum Gasteiger partial charge on any atom is 0.122 e. The molecule has 1 aromatic carbocycles. The van der Waals surface area contributed by atoms with E-state index in [0.29, 0.717) is 0 Å². The summed E-state index contributed by atoms with van der Waals surface area (Å²) in [5.74, 6) is 1.03. The third-order valence-corrected chi connectivity index (χ3v) is 4.79. The maximum absolute atomic E-state index is 5.73. The second-order valence-corrected chi connectivity index (χ2v) is 6.48. The number of hydrogen-bond acceptors (Lipinski definition) is 3. The van der Waals surface area contributed by atoms with Crippen LogP contribution in [-0.2, 0) is 13.5 Å². The van der Waals surface area contributed by atoms with Crippen LogP contribution in [0.2, 0.25) is 0 Å². The number of aryl methyl sites for hydroxylation is 3. The van der Waals surface area contributed by atoms with E-state index in [9.17, 15) is 0 Å². The van der Waals surface area contributed by atoms with Crippen molar-refractivity contribution in [2.45, 2.75) is 32.7 Å². The summed E-state index contributed by atoms with van der Waals surface area (Å²) in [6.45, 7) is 5.07. The third kappa shape index (κ3) is 2.50. The van der Waals surface area contributed by atoms with E-state index in [-0.39, 0.29) is 6.04 Å². The molecular weight excluding hydrogens is 300 g/mol. The van der Waals surface area contributed by atoms with Crippen LogP contribution in [0.5, 0.6) is 5.75 Å². The molecule has 2 aromatic heterocycles. The number of fused-ring (bicyclic) bond motifs is 1. The summed E-state index contributed by atoms with van der Waals surface area (Å²) in [5, 5.41) is 4.46. The lowest BCUT2D eigenvalue weighted by Crippen LogP contribution is -2.11. The molecule has 1 aliphatic rings. The fraction of sp³-hybridized carbons (Fsp3) is 0.368. The molecule has 3 aromatic rings. The van der Waals surface area contributed by atoms with Gasteiger partial charge in [0.15, 0.2) is 0 Å². The van der Waals surface area contributed by atoms with E-state index in [1.54, 1.807) is 0 Å². The molecule has 0 spiro atoms. The van der Waals surface area contributed by atoms with Crippen LogP contribution in [0.3, 0.4) is 0 Å². The van der Waals surface area contributed by atoms with Gasteiger partial charge in [0, 0.05) is 18.8 Å². The van der Waals surface area contributed by atoms with Gasteiger partial charge < -0.3 is 9.30 Å². The lowest BCUT2D eigenvalue weighted by molar-refractivity contribution is 0.288. The predicted molar refractivity (Wildman–Crippen MR) is 93.2 cm³/mol. The Kier molecular flexibility index (Phi) is 3.63. The number of nitrogens with zero attached hydrogens (tertiary/aromatic N) is 4. The summed E-state index contributed by atoms with van der Waals surface area (Å²) in [6, 6.07) is 6.74. The second kappa shape index (κ2) is 5.82. The molecule has 124 valence electrons. The lowest BCUT2D eigenvalue weighted by atomic mass is 9.99. The van der Waals surface area contributed by atoms with E-state index in [4.69, 9.17) is 4.74 Å². The first-order valence-electron chi connectivity index (χ1n) is 8.41. The minimum atomic E-state index is 0.203. The van der Waals surface area contributed by atoms with Crippen molar-refractivity contribution in [1.29, 1.82) is 0 Å². The number of hydrogen-bond donors (Lipinski definition) is 0. The van der Waals surface area contributed by atoms with Gasteiger partial charge in [-0.1, -0.05) is 12.1 Å². The Balaban J connectivity index is 1.72. The first-order valence-corrected chi connectivity index (χ1v) is 8.41. The molecule has 24 heavy (non-hydrogen) atoms. The largest absolute Gasteiger partial charge is 0.493 e. The smallest absolute Gasteiger partial charge is 0.122 e. The van der Waals surface area contributed by atoms with Gasteiger partial charge in [0.2, 0.25) is 0 Å². The van der Waals surface area contributed by atoms with Gasteiger partial charge in [0.25, 0.3) is 0 Å². The van der Waals surface area contributed by atoms with Crippen LogP contribution in [0, 0.1) is 6.92 Å². The van der Waals surface area contributed by atoms with Crippen LogP contribution >= 0.6 is 0 Å². The Bertz CT molecular complexity index is 877. The zero-order valence-corrected chi connectivity index (χ0v) is 14.4. The van der Waals surface area contributed by atoms with Crippen molar-refractivity contribution in [2.24, 2.45) is 7.05 Å². The number of imidazole rings is 1. The van der Waals surface area contributed by atoms with Gasteiger partial charge >= 0.3 is 0 Å². The Morgan fingerprint density at radius 2 is 2.17 bits per heavy atom. The summed E-state index contributed by atoms with van der Waals surface area (Å²) >= 11 is 0. The van der Waals surface area contributed by atoms with Crippen molar-refractivity contribution >= 4 is 0 Å². The van der Waals surface area contributed by atoms with Crippen LogP contribution in [-0.4, -0.2) is 25.9 Å². The van der Waals surface area contributed by atoms with E-state index in [1.165, 1.54) is 11.1 Å². The fourth-order valence-electron chi connectivity index (χ4n) is 3.47. The number of rotatable bonds is 3. The molecule has 4 rings (SSSR count). The lowest BCUT2D eigenvalue weighted by Gasteiger charge is -2.21. The Labute approximate surface area is 141 Å². The average Bonchev–Trinajstić information content (AvgIpc) is 3.19. The monoisotopic (exact) mass is 322 g/mol. The second-order valence-electron chi connectivity index (χ2n) is 6.48. The molecule has 1 aliphatic heterocycles. The van der Waals surface area contributed by atoms with Crippen LogP contribution in [0.1, 0.15) is 36.2 Å². The van der Waals surface area contributed by atoms with E-state index in [0.717, 1.165) is 42.1 Å². The molecule has 0 radical (unpaired) electrons. The number of ether oxygens (including phenoxy) is 1.